The fourth-order valence-corrected chi connectivity index (χ4v) is 2.91. The Kier molecular flexibility index (Phi) is 4.60. The van der Waals surface area contributed by atoms with Gasteiger partial charge >= 0.3 is 0 Å². The molecule has 0 saturated carbocycles. The van der Waals surface area contributed by atoms with Gasteiger partial charge in [-0.15, -0.1) is 0 Å². The Morgan fingerprint density at radius 1 is 1.05 bits per heavy atom. The number of nitrogens with zero attached hydrogens (tertiary/aromatic N) is 1. The average Bonchev–Trinajstić information content (AvgIpc) is 2.69. The van der Waals surface area contributed by atoms with Gasteiger partial charge in [-0.3, -0.25) is 4.90 Å². The minimum Gasteiger partial charge on any atom is -0.288 e. The van der Waals surface area contributed by atoms with E-state index < -0.39 is 0 Å². The van der Waals surface area contributed by atoms with Crippen molar-refractivity contribution in [2.75, 3.05) is 13.1 Å². The molecule has 2 heteroatoms. The summed E-state index contributed by atoms with van der Waals surface area (Å²) in [4.78, 5) is 2.42. The zero-order valence-electron chi connectivity index (χ0n) is 12.0. The van der Waals surface area contributed by atoms with Gasteiger partial charge < -0.3 is 0 Å². The van der Waals surface area contributed by atoms with E-state index in [2.05, 4.69) is 41.0 Å². The molecular formula is C19H18ClN. The number of fused-ring (bicyclic) bond motifs is 1. The number of rotatable bonds is 1. The summed E-state index contributed by atoms with van der Waals surface area (Å²) < 4.78 is 0. The molecule has 0 unspecified atom stereocenters. The fourth-order valence-electron chi connectivity index (χ4n) is 2.72. The van der Waals surface area contributed by atoms with Crippen molar-refractivity contribution in [3.8, 4) is 11.8 Å². The van der Waals surface area contributed by atoms with Crippen LogP contribution in [0.1, 0.15) is 23.1 Å². The van der Waals surface area contributed by atoms with Gasteiger partial charge in [0, 0.05) is 17.1 Å². The maximum atomic E-state index is 5.97. The summed E-state index contributed by atoms with van der Waals surface area (Å²) in [5.74, 6) is 6.48. The third-order valence-corrected chi connectivity index (χ3v) is 4.03. The van der Waals surface area contributed by atoms with Crippen molar-refractivity contribution in [2.24, 2.45) is 0 Å². The van der Waals surface area contributed by atoms with Crippen LogP contribution in [0.15, 0.2) is 48.5 Å². The van der Waals surface area contributed by atoms with Crippen LogP contribution in [-0.2, 0) is 13.0 Å². The van der Waals surface area contributed by atoms with Gasteiger partial charge in [0.05, 0.1) is 6.54 Å². The van der Waals surface area contributed by atoms with Crippen LogP contribution < -0.4 is 0 Å². The molecule has 0 radical (unpaired) electrons. The third-order valence-electron chi connectivity index (χ3n) is 3.79. The highest BCUT2D eigenvalue weighted by Gasteiger charge is 2.12. The monoisotopic (exact) mass is 295 g/mol. The topological polar surface area (TPSA) is 3.24 Å². The van der Waals surface area contributed by atoms with E-state index in [-0.39, 0.29) is 0 Å². The Morgan fingerprint density at radius 2 is 1.90 bits per heavy atom. The first-order valence-electron chi connectivity index (χ1n) is 7.35. The Labute approximate surface area is 131 Å². The van der Waals surface area contributed by atoms with Crippen LogP contribution in [0.25, 0.3) is 0 Å². The van der Waals surface area contributed by atoms with Gasteiger partial charge in [-0.25, -0.2) is 0 Å². The molecular weight excluding hydrogens is 278 g/mol. The summed E-state index contributed by atoms with van der Waals surface area (Å²) in [6, 6.07) is 16.5. The lowest BCUT2D eigenvalue weighted by Crippen LogP contribution is -2.23. The quantitative estimate of drug-likeness (QED) is 0.715. The smallest absolute Gasteiger partial charge is 0.0608 e. The molecule has 21 heavy (non-hydrogen) atoms. The van der Waals surface area contributed by atoms with Crippen molar-refractivity contribution in [1.82, 2.24) is 4.90 Å². The summed E-state index contributed by atoms with van der Waals surface area (Å²) in [5, 5.41) is 0.741. The van der Waals surface area contributed by atoms with Crippen LogP contribution in [0.5, 0.6) is 0 Å². The standard InChI is InChI=1S/C19H18ClN/c20-19-11-3-6-16(14-19)7-4-12-21-13-5-10-17-8-1-2-9-18(17)15-21/h1-3,6,8-9,11,14H,5,10,12-13,15H2. The van der Waals surface area contributed by atoms with Gasteiger partial charge in [0.2, 0.25) is 0 Å². The lowest BCUT2D eigenvalue weighted by molar-refractivity contribution is 0.304. The number of benzene rings is 2. The van der Waals surface area contributed by atoms with Crippen molar-refractivity contribution in [3.63, 3.8) is 0 Å². The summed E-state index contributed by atoms with van der Waals surface area (Å²) in [6.45, 7) is 2.92. The number of hydrogen-bond donors (Lipinski definition) is 0. The van der Waals surface area contributed by atoms with Crippen molar-refractivity contribution < 1.29 is 0 Å². The summed E-state index contributed by atoms with van der Waals surface area (Å²) in [7, 11) is 0. The molecule has 0 aliphatic carbocycles. The molecule has 3 rings (SSSR count). The van der Waals surface area contributed by atoms with E-state index in [1.165, 1.54) is 24.0 Å². The van der Waals surface area contributed by atoms with E-state index in [1.54, 1.807) is 0 Å². The lowest BCUT2D eigenvalue weighted by Gasteiger charge is -2.17. The Hall–Kier alpha value is -1.75. The molecule has 1 aliphatic rings. The van der Waals surface area contributed by atoms with Gasteiger partial charge in [-0.2, -0.15) is 0 Å². The van der Waals surface area contributed by atoms with Crippen LogP contribution in [-0.4, -0.2) is 18.0 Å². The van der Waals surface area contributed by atoms with Crippen molar-refractivity contribution in [3.05, 3.63) is 70.2 Å². The molecule has 0 saturated heterocycles. The largest absolute Gasteiger partial charge is 0.288 e. The van der Waals surface area contributed by atoms with E-state index in [4.69, 9.17) is 11.6 Å². The normalized spacial score (nSPS) is 14.7. The lowest BCUT2D eigenvalue weighted by atomic mass is 10.0. The minimum absolute atomic E-state index is 0.741. The second kappa shape index (κ2) is 6.80. The minimum atomic E-state index is 0.741. The summed E-state index contributed by atoms with van der Waals surface area (Å²) in [6.07, 6.45) is 2.38. The van der Waals surface area contributed by atoms with Gasteiger partial charge in [-0.1, -0.05) is 53.8 Å². The van der Waals surface area contributed by atoms with Crippen LogP contribution in [0, 0.1) is 11.8 Å². The Bertz CT molecular complexity index is 681. The van der Waals surface area contributed by atoms with Crippen molar-refractivity contribution in [1.29, 1.82) is 0 Å². The van der Waals surface area contributed by atoms with Gasteiger partial charge in [-0.05, 0) is 48.7 Å². The summed E-state index contributed by atoms with van der Waals surface area (Å²) in [5.41, 5.74) is 3.92. The maximum absolute atomic E-state index is 5.97. The van der Waals surface area contributed by atoms with Crippen LogP contribution in [0.3, 0.4) is 0 Å². The zero-order valence-corrected chi connectivity index (χ0v) is 12.7. The second-order valence-corrected chi connectivity index (χ2v) is 5.83. The Balaban J connectivity index is 1.67. The van der Waals surface area contributed by atoms with Gasteiger partial charge in [0.1, 0.15) is 0 Å². The van der Waals surface area contributed by atoms with Crippen LogP contribution >= 0.6 is 11.6 Å². The highest BCUT2D eigenvalue weighted by Crippen LogP contribution is 2.17. The maximum Gasteiger partial charge on any atom is 0.0608 e. The van der Waals surface area contributed by atoms with E-state index in [0.29, 0.717) is 0 Å². The molecule has 1 aliphatic heterocycles. The van der Waals surface area contributed by atoms with Gasteiger partial charge in [0.15, 0.2) is 0 Å². The predicted molar refractivity (Wildman–Crippen MR) is 88.4 cm³/mol. The molecule has 2 aromatic carbocycles. The molecule has 106 valence electrons. The first-order valence-corrected chi connectivity index (χ1v) is 7.73. The molecule has 0 fully saturated rings. The first kappa shape index (κ1) is 14.2. The van der Waals surface area contributed by atoms with E-state index in [0.717, 1.165) is 30.2 Å². The second-order valence-electron chi connectivity index (χ2n) is 5.40. The van der Waals surface area contributed by atoms with E-state index >= 15 is 0 Å². The average molecular weight is 296 g/mol. The van der Waals surface area contributed by atoms with Crippen LogP contribution in [0.2, 0.25) is 5.02 Å². The number of hydrogen-bond acceptors (Lipinski definition) is 1. The zero-order chi connectivity index (χ0) is 14.5. The molecule has 0 N–H and O–H groups in total. The highest BCUT2D eigenvalue weighted by molar-refractivity contribution is 6.30. The molecule has 0 aromatic heterocycles. The molecule has 0 amide bonds. The molecule has 1 heterocycles. The number of halogens is 1. The molecule has 0 atom stereocenters. The summed E-state index contributed by atoms with van der Waals surface area (Å²) >= 11 is 5.97. The SMILES string of the molecule is Clc1cccc(C#CCN2CCCc3ccccc3C2)c1. The third kappa shape index (κ3) is 3.88. The van der Waals surface area contributed by atoms with Crippen LogP contribution in [0.4, 0.5) is 0 Å². The first-order chi connectivity index (χ1) is 10.3. The molecule has 2 aromatic rings. The predicted octanol–water partition coefficient (Wildman–Crippen LogP) is 4.14. The highest BCUT2D eigenvalue weighted by atomic mass is 35.5. The van der Waals surface area contributed by atoms with E-state index in [9.17, 15) is 0 Å². The van der Waals surface area contributed by atoms with E-state index in [1.807, 2.05) is 24.3 Å². The molecule has 0 spiro atoms. The fraction of sp³-hybridized carbons (Fsp3) is 0.263. The number of aryl methyl sites for hydroxylation is 1. The van der Waals surface area contributed by atoms with Gasteiger partial charge in [0.25, 0.3) is 0 Å². The Morgan fingerprint density at radius 3 is 2.76 bits per heavy atom. The molecule has 0 bridgehead atoms. The van der Waals surface area contributed by atoms with Crippen molar-refractivity contribution in [2.45, 2.75) is 19.4 Å². The molecule has 1 nitrogen and oxygen atoms in total. The van der Waals surface area contributed by atoms with Crippen molar-refractivity contribution >= 4 is 11.6 Å².